The highest BCUT2D eigenvalue weighted by atomic mass is 32.2. The molecule has 1 atom stereocenters. The lowest BCUT2D eigenvalue weighted by Gasteiger charge is -2.33. The number of piperazine rings is 1. The van der Waals surface area contributed by atoms with Crippen LogP contribution in [0.5, 0.6) is 0 Å². The summed E-state index contributed by atoms with van der Waals surface area (Å²) in [6.45, 7) is 6.50. The van der Waals surface area contributed by atoms with Crippen molar-refractivity contribution in [3.05, 3.63) is 29.3 Å². The Balaban J connectivity index is 1.64. The smallest absolute Gasteiger partial charge is 0.380 e. The second kappa shape index (κ2) is 13.6. The van der Waals surface area contributed by atoms with Crippen molar-refractivity contribution in [2.45, 2.75) is 70.6 Å². The molecule has 1 saturated heterocycles. The van der Waals surface area contributed by atoms with Crippen LogP contribution in [-0.2, 0) is 21.0 Å². The molecule has 1 unspecified atom stereocenters. The molecule has 1 aromatic rings. The molecular weight excluding hydrogens is 509 g/mol. The maximum atomic E-state index is 13.1. The van der Waals surface area contributed by atoms with Crippen LogP contribution in [0.4, 0.5) is 18.9 Å². The number of aliphatic hydroxyl groups is 1. The van der Waals surface area contributed by atoms with Crippen LogP contribution < -0.4 is 5.32 Å². The third-order valence-electron chi connectivity index (χ3n) is 6.67. The lowest BCUT2D eigenvalue weighted by Crippen LogP contribution is -2.49. The second-order valence-corrected chi connectivity index (χ2v) is 11.9. The van der Waals surface area contributed by atoms with Crippen LogP contribution in [0.15, 0.2) is 18.2 Å². The topological polar surface area (TPSA) is 114 Å². The summed E-state index contributed by atoms with van der Waals surface area (Å²) >= 11 is 0. The van der Waals surface area contributed by atoms with E-state index in [1.165, 1.54) is 19.1 Å². The van der Waals surface area contributed by atoms with Crippen molar-refractivity contribution in [1.29, 1.82) is 5.26 Å². The molecule has 12 heteroatoms. The minimum atomic E-state index is -4.73. The molecule has 2 rings (SSSR count). The summed E-state index contributed by atoms with van der Waals surface area (Å²) in [5.41, 5.74) is -3.55. The number of nitriles is 1. The summed E-state index contributed by atoms with van der Waals surface area (Å²) in [4.78, 5) is 14.7. The number of sulfonamides is 1. The van der Waals surface area contributed by atoms with E-state index in [0.717, 1.165) is 57.8 Å². The van der Waals surface area contributed by atoms with Crippen molar-refractivity contribution in [3.8, 4) is 6.07 Å². The maximum absolute atomic E-state index is 13.1. The van der Waals surface area contributed by atoms with Gasteiger partial charge in [-0.3, -0.25) is 4.79 Å². The average Bonchev–Trinajstić information content (AvgIpc) is 2.85. The Labute approximate surface area is 217 Å². The number of hydrogen-bond acceptors (Lipinski definition) is 6. The molecule has 1 aliphatic rings. The number of nitrogens with zero attached hydrogens (tertiary/aromatic N) is 3. The van der Waals surface area contributed by atoms with Gasteiger partial charge in [-0.2, -0.15) is 22.7 Å². The first kappa shape index (κ1) is 31.0. The zero-order valence-corrected chi connectivity index (χ0v) is 22.3. The van der Waals surface area contributed by atoms with Gasteiger partial charge in [-0.1, -0.05) is 32.1 Å². The highest BCUT2D eigenvalue weighted by molar-refractivity contribution is 7.89. The van der Waals surface area contributed by atoms with E-state index in [-0.39, 0.29) is 17.9 Å². The van der Waals surface area contributed by atoms with Crippen LogP contribution in [0.2, 0.25) is 0 Å². The van der Waals surface area contributed by atoms with Crippen LogP contribution in [0.3, 0.4) is 0 Å². The zero-order valence-electron chi connectivity index (χ0n) is 21.5. The fourth-order valence-electron chi connectivity index (χ4n) is 4.26. The third kappa shape index (κ3) is 9.56. The zero-order chi connectivity index (χ0) is 27.7. The molecule has 1 aliphatic heterocycles. The molecule has 0 aliphatic carbocycles. The monoisotopic (exact) mass is 546 g/mol. The number of alkyl halides is 3. The number of rotatable bonds is 13. The Morgan fingerprint density at radius 2 is 1.68 bits per heavy atom. The summed E-state index contributed by atoms with van der Waals surface area (Å²) < 4.78 is 64.8. The molecule has 2 N–H and O–H groups in total. The van der Waals surface area contributed by atoms with Crippen molar-refractivity contribution in [2.75, 3.05) is 43.8 Å². The van der Waals surface area contributed by atoms with Crippen LogP contribution in [0.1, 0.15) is 69.9 Å². The van der Waals surface area contributed by atoms with E-state index < -0.39 is 38.8 Å². The van der Waals surface area contributed by atoms with Gasteiger partial charge in [0, 0.05) is 31.9 Å². The van der Waals surface area contributed by atoms with E-state index in [9.17, 15) is 31.5 Å². The molecule has 0 radical (unpaired) electrons. The van der Waals surface area contributed by atoms with E-state index in [1.54, 1.807) is 11.2 Å². The van der Waals surface area contributed by atoms with E-state index >= 15 is 0 Å². The van der Waals surface area contributed by atoms with Gasteiger partial charge in [0.25, 0.3) is 5.91 Å². The minimum absolute atomic E-state index is 0.132. The summed E-state index contributed by atoms with van der Waals surface area (Å²) in [7, 11) is -3.11. The van der Waals surface area contributed by atoms with Gasteiger partial charge in [0.05, 0.1) is 22.9 Å². The molecule has 8 nitrogen and oxygen atoms in total. The second-order valence-electron chi connectivity index (χ2n) is 9.61. The summed E-state index contributed by atoms with van der Waals surface area (Å²) in [6.07, 6.45) is 0.833. The van der Waals surface area contributed by atoms with Gasteiger partial charge in [-0.05, 0) is 51.4 Å². The molecule has 1 amide bonds. The summed E-state index contributed by atoms with van der Waals surface area (Å²) in [6, 6.07) is 4.37. The van der Waals surface area contributed by atoms with Crippen molar-refractivity contribution in [2.24, 2.45) is 0 Å². The molecule has 1 aromatic carbocycles. The van der Waals surface area contributed by atoms with E-state index in [0.29, 0.717) is 25.6 Å². The Morgan fingerprint density at radius 3 is 2.24 bits per heavy atom. The highest BCUT2D eigenvalue weighted by Gasteiger charge is 2.35. The van der Waals surface area contributed by atoms with E-state index in [1.807, 2.05) is 0 Å². The van der Waals surface area contributed by atoms with Gasteiger partial charge in [-0.15, -0.1) is 0 Å². The highest BCUT2D eigenvalue weighted by Crippen LogP contribution is 2.33. The van der Waals surface area contributed by atoms with E-state index in [2.05, 4.69) is 10.2 Å². The number of carbonyl (C=O) groups is 1. The molecule has 208 valence electrons. The lowest BCUT2D eigenvalue weighted by atomic mass is 9.96. The minimum Gasteiger partial charge on any atom is -0.380 e. The van der Waals surface area contributed by atoms with E-state index in [4.69, 9.17) is 5.26 Å². The maximum Gasteiger partial charge on any atom is 0.417 e. The Hall–Kier alpha value is -2.20. The molecule has 0 bridgehead atoms. The number of hydrogen-bond donors (Lipinski definition) is 2. The van der Waals surface area contributed by atoms with Crippen molar-refractivity contribution in [1.82, 2.24) is 9.21 Å². The van der Waals surface area contributed by atoms with Crippen LogP contribution in [0, 0.1) is 11.3 Å². The predicted octanol–water partition coefficient (Wildman–Crippen LogP) is 3.96. The molecule has 1 heterocycles. The lowest BCUT2D eigenvalue weighted by molar-refractivity contribution is -0.138. The molecule has 0 saturated carbocycles. The number of nitrogens with one attached hydrogen (secondary N) is 1. The first-order valence-corrected chi connectivity index (χ1v) is 14.3. The summed E-state index contributed by atoms with van der Waals surface area (Å²) in [5, 5.41) is 21.7. The van der Waals surface area contributed by atoms with Crippen molar-refractivity contribution in [3.63, 3.8) is 0 Å². The molecular formula is C25H37F3N4O4S. The van der Waals surface area contributed by atoms with Crippen LogP contribution in [0.25, 0.3) is 0 Å². The van der Waals surface area contributed by atoms with Crippen molar-refractivity contribution < 1.29 is 31.5 Å². The number of amides is 1. The van der Waals surface area contributed by atoms with Crippen LogP contribution >= 0.6 is 0 Å². The molecule has 1 fully saturated rings. The Bertz CT molecular complexity index is 1050. The largest absolute Gasteiger partial charge is 0.417 e. The molecule has 0 spiro atoms. The van der Waals surface area contributed by atoms with Gasteiger partial charge in [0.15, 0.2) is 0 Å². The Morgan fingerprint density at radius 1 is 1.08 bits per heavy atom. The van der Waals surface area contributed by atoms with Gasteiger partial charge in [0.2, 0.25) is 10.0 Å². The van der Waals surface area contributed by atoms with Crippen molar-refractivity contribution >= 4 is 21.6 Å². The standard InChI is InChI=1S/C25H37F3N4O4S/c1-3-37(35,36)32-16-14-31(15-17-32)13-9-7-5-4-6-8-12-24(2,34)23(33)30-21-11-10-20(19-29)22(18-21)25(26,27)28/h10-11,18,34H,3-9,12-17H2,1-2H3,(H,30,33). The number of benzene rings is 1. The fourth-order valence-corrected chi connectivity index (χ4v) is 5.34. The number of carbonyl (C=O) groups excluding carboxylic acids is 1. The van der Waals surface area contributed by atoms with Gasteiger partial charge in [-0.25, -0.2) is 8.42 Å². The molecule has 0 aromatic heterocycles. The Kier molecular flexibility index (Phi) is 11.4. The number of anilines is 1. The van der Waals surface area contributed by atoms with Crippen LogP contribution in [-0.4, -0.2) is 72.7 Å². The third-order valence-corrected chi connectivity index (χ3v) is 8.55. The van der Waals surface area contributed by atoms with Gasteiger partial charge < -0.3 is 15.3 Å². The predicted molar refractivity (Wildman–Crippen MR) is 135 cm³/mol. The fraction of sp³-hybridized carbons (Fsp3) is 0.680. The number of halogens is 3. The average molecular weight is 547 g/mol. The van der Waals surface area contributed by atoms with Gasteiger partial charge >= 0.3 is 6.18 Å². The first-order valence-electron chi connectivity index (χ1n) is 12.7. The quantitative estimate of drug-likeness (QED) is 0.362. The SMILES string of the molecule is CCS(=O)(=O)N1CCN(CCCCCCCCC(C)(O)C(=O)Nc2ccc(C#N)c(C(F)(F)F)c2)CC1. The first-order chi connectivity index (χ1) is 17.3. The summed E-state index contributed by atoms with van der Waals surface area (Å²) in [5.74, 6) is -0.662. The normalized spacial score (nSPS) is 17.2. The number of unbranched alkanes of at least 4 members (excludes halogenated alkanes) is 5. The van der Waals surface area contributed by atoms with Gasteiger partial charge in [0.1, 0.15) is 5.60 Å². The molecule has 37 heavy (non-hydrogen) atoms.